The van der Waals surface area contributed by atoms with Crippen molar-refractivity contribution in [2.24, 2.45) is 5.41 Å². The van der Waals surface area contributed by atoms with Gasteiger partial charge in [0, 0.05) is 11.4 Å². The quantitative estimate of drug-likeness (QED) is 0.760. The van der Waals surface area contributed by atoms with Crippen molar-refractivity contribution in [3.8, 4) is 6.07 Å². The standard InChI is InChI=1S/C12H12ClNO2/c1-12(8-14,11(15)16-2)7-9-5-3-4-6-10(9)13/h3-6H,7H2,1-2H3/t12-/m1/s1. The highest BCUT2D eigenvalue weighted by atomic mass is 35.5. The molecule has 0 N–H and O–H groups in total. The zero-order chi connectivity index (χ0) is 12.2. The van der Waals surface area contributed by atoms with Gasteiger partial charge < -0.3 is 4.74 Å². The Morgan fingerprint density at radius 3 is 2.69 bits per heavy atom. The number of carbonyl (C=O) groups excluding carboxylic acids is 1. The molecule has 0 bridgehead atoms. The second-order valence-electron chi connectivity index (χ2n) is 3.70. The van der Waals surface area contributed by atoms with Gasteiger partial charge in [0.05, 0.1) is 13.2 Å². The molecule has 1 rings (SSSR count). The van der Waals surface area contributed by atoms with Crippen LogP contribution in [0.2, 0.25) is 5.02 Å². The molecule has 0 saturated carbocycles. The van der Waals surface area contributed by atoms with Gasteiger partial charge in [-0.05, 0) is 18.6 Å². The van der Waals surface area contributed by atoms with Crippen LogP contribution in [-0.2, 0) is 16.0 Å². The van der Waals surface area contributed by atoms with Gasteiger partial charge in [-0.2, -0.15) is 5.26 Å². The number of ether oxygens (including phenoxy) is 1. The van der Waals surface area contributed by atoms with Crippen molar-refractivity contribution in [2.75, 3.05) is 7.11 Å². The van der Waals surface area contributed by atoms with E-state index in [-0.39, 0.29) is 6.42 Å². The first-order chi connectivity index (χ1) is 7.53. The molecule has 0 unspecified atom stereocenters. The largest absolute Gasteiger partial charge is 0.468 e. The van der Waals surface area contributed by atoms with Crippen LogP contribution < -0.4 is 0 Å². The summed E-state index contributed by atoms with van der Waals surface area (Å²) in [5, 5.41) is 9.59. The number of rotatable bonds is 3. The Morgan fingerprint density at radius 2 is 2.19 bits per heavy atom. The minimum absolute atomic E-state index is 0.246. The van der Waals surface area contributed by atoms with Crippen molar-refractivity contribution in [2.45, 2.75) is 13.3 Å². The monoisotopic (exact) mass is 237 g/mol. The lowest BCUT2D eigenvalue weighted by Crippen LogP contribution is -2.29. The average molecular weight is 238 g/mol. The normalized spacial score (nSPS) is 13.6. The maximum Gasteiger partial charge on any atom is 0.326 e. The van der Waals surface area contributed by atoms with Gasteiger partial charge >= 0.3 is 5.97 Å². The third kappa shape index (κ3) is 2.53. The fraction of sp³-hybridized carbons (Fsp3) is 0.333. The van der Waals surface area contributed by atoms with Crippen molar-refractivity contribution in [3.05, 3.63) is 34.9 Å². The number of benzene rings is 1. The fourth-order valence-electron chi connectivity index (χ4n) is 1.41. The Bertz CT molecular complexity index is 439. The highest BCUT2D eigenvalue weighted by Crippen LogP contribution is 2.27. The van der Waals surface area contributed by atoms with Crippen molar-refractivity contribution in [1.29, 1.82) is 5.26 Å². The van der Waals surface area contributed by atoms with Crippen LogP contribution in [0.15, 0.2) is 24.3 Å². The van der Waals surface area contributed by atoms with E-state index in [1.807, 2.05) is 12.1 Å². The van der Waals surface area contributed by atoms with Gasteiger partial charge in [-0.3, -0.25) is 4.79 Å². The van der Waals surface area contributed by atoms with Gasteiger partial charge in [0.2, 0.25) is 0 Å². The molecule has 0 fully saturated rings. The number of halogens is 1. The first kappa shape index (κ1) is 12.5. The van der Waals surface area contributed by atoms with Crippen LogP contribution in [-0.4, -0.2) is 13.1 Å². The van der Waals surface area contributed by atoms with Crippen molar-refractivity contribution in [1.82, 2.24) is 0 Å². The smallest absolute Gasteiger partial charge is 0.326 e. The van der Waals surface area contributed by atoms with Gasteiger partial charge in [0.1, 0.15) is 0 Å². The first-order valence-electron chi connectivity index (χ1n) is 4.76. The van der Waals surface area contributed by atoms with E-state index in [4.69, 9.17) is 16.9 Å². The number of methoxy groups -OCH3 is 1. The molecule has 0 heterocycles. The number of hydrogen-bond donors (Lipinski definition) is 0. The van der Waals surface area contributed by atoms with Gasteiger partial charge in [-0.25, -0.2) is 0 Å². The molecule has 0 saturated heterocycles. The molecule has 1 aromatic carbocycles. The van der Waals surface area contributed by atoms with E-state index < -0.39 is 11.4 Å². The molecular weight excluding hydrogens is 226 g/mol. The van der Waals surface area contributed by atoms with E-state index in [0.29, 0.717) is 5.02 Å². The summed E-state index contributed by atoms with van der Waals surface area (Å²) in [5.41, 5.74) is -0.432. The van der Waals surface area contributed by atoms with Crippen molar-refractivity contribution in [3.63, 3.8) is 0 Å². The van der Waals surface area contributed by atoms with E-state index in [1.165, 1.54) is 7.11 Å². The first-order valence-corrected chi connectivity index (χ1v) is 5.14. The Morgan fingerprint density at radius 1 is 1.56 bits per heavy atom. The molecule has 0 radical (unpaired) electrons. The maximum atomic E-state index is 11.5. The second kappa shape index (κ2) is 5.00. The predicted molar refractivity (Wildman–Crippen MR) is 60.9 cm³/mol. The highest BCUT2D eigenvalue weighted by molar-refractivity contribution is 6.31. The minimum Gasteiger partial charge on any atom is -0.468 e. The van der Waals surface area contributed by atoms with Crippen molar-refractivity contribution >= 4 is 17.6 Å². The molecule has 0 aliphatic heterocycles. The molecule has 0 spiro atoms. The molecule has 16 heavy (non-hydrogen) atoms. The van der Waals surface area contributed by atoms with E-state index in [0.717, 1.165) is 5.56 Å². The lowest BCUT2D eigenvalue weighted by atomic mass is 9.85. The number of nitriles is 1. The third-order valence-corrected chi connectivity index (χ3v) is 2.75. The van der Waals surface area contributed by atoms with Gasteiger partial charge in [0.25, 0.3) is 0 Å². The number of carbonyl (C=O) groups is 1. The summed E-state index contributed by atoms with van der Waals surface area (Å²) in [6.07, 6.45) is 0.246. The highest BCUT2D eigenvalue weighted by Gasteiger charge is 2.35. The second-order valence-corrected chi connectivity index (χ2v) is 4.11. The van der Waals surface area contributed by atoms with Gasteiger partial charge in [-0.15, -0.1) is 0 Å². The molecule has 3 nitrogen and oxygen atoms in total. The predicted octanol–water partition coefficient (Wildman–Crippen LogP) is 2.59. The lowest BCUT2D eigenvalue weighted by Gasteiger charge is -2.18. The molecule has 4 heteroatoms. The lowest BCUT2D eigenvalue weighted by molar-refractivity contribution is -0.148. The third-order valence-electron chi connectivity index (χ3n) is 2.38. The summed E-state index contributed by atoms with van der Waals surface area (Å²) in [6.45, 7) is 1.54. The molecule has 0 aliphatic rings. The summed E-state index contributed by atoms with van der Waals surface area (Å²) < 4.78 is 4.61. The summed E-state index contributed by atoms with van der Waals surface area (Å²) >= 11 is 5.97. The van der Waals surface area contributed by atoms with Crippen LogP contribution in [0.25, 0.3) is 0 Å². The number of hydrogen-bond acceptors (Lipinski definition) is 3. The maximum absolute atomic E-state index is 11.5. The average Bonchev–Trinajstić information content (AvgIpc) is 2.31. The molecule has 0 aromatic heterocycles. The Labute approximate surface area is 99.6 Å². The summed E-state index contributed by atoms with van der Waals surface area (Å²) in [6, 6.07) is 9.11. The van der Waals surface area contributed by atoms with E-state index in [9.17, 15) is 4.79 Å². The minimum atomic E-state index is -1.19. The molecule has 1 aromatic rings. The number of esters is 1. The summed E-state index contributed by atoms with van der Waals surface area (Å²) in [5.74, 6) is -0.546. The van der Waals surface area contributed by atoms with E-state index >= 15 is 0 Å². The molecule has 84 valence electrons. The Balaban J connectivity index is 3.00. The topological polar surface area (TPSA) is 50.1 Å². The molecular formula is C12H12ClNO2. The summed E-state index contributed by atoms with van der Waals surface area (Å²) in [4.78, 5) is 11.5. The van der Waals surface area contributed by atoms with Crippen LogP contribution >= 0.6 is 11.6 Å². The van der Waals surface area contributed by atoms with Crippen molar-refractivity contribution < 1.29 is 9.53 Å². The molecule has 0 aliphatic carbocycles. The zero-order valence-electron chi connectivity index (χ0n) is 9.16. The van der Waals surface area contributed by atoms with Crippen LogP contribution in [0.3, 0.4) is 0 Å². The van der Waals surface area contributed by atoms with Crippen LogP contribution in [0.4, 0.5) is 0 Å². The van der Waals surface area contributed by atoms with Gasteiger partial charge in [-0.1, -0.05) is 29.8 Å². The summed E-state index contributed by atoms with van der Waals surface area (Å²) in [7, 11) is 1.27. The van der Waals surface area contributed by atoms with E-state index in [2.05, 4.69) is 4.74 Å². The Hall–Kier alpha value is -1.53. The van der Waals surface area contributed by atoms with Gasteiger partial charge in [0.15, 0.2) is 5.41 Å². The molecule has 0 amide bonds. The molecule has 1 atom stereocenters. The SMILES string of the molecule is COC(=O)[C@@](C)(C#N)Cc1ccccc1Cl. The van der Waals surface area contributed by atoms with Crippen LogP contribution in [0.5, 0.6) is 0 Å². The zero-order valence-corrected chi connectivity index (χ0v) is 9.91. The van der Waals surface area contributed by atoms with Crippen LogP contribution in [0, 0.1) is 16.7 Å². The fourth-order valence-corrected chi connectivity index (χ4v) is 1.61. The Kier molecular flexibility index (Phi) is 3.92. The van der Waals surface area contributed by atoms with Crippen LogP contribution in [0.1, 0.15) is 12.5 Å². The van der Waals surface area contributed by atoms with E-state index in [1.54, 1.807) is 25.1 Å². The number of nitrogens with zero attached hydrogens (tertiary/aromatic N) is 1.